The number of nitrogens with zero attached hydrogens (tertiary/aromatic N) is 2. The molecular weight excluding hydrogens is 228 g/mol. The molecule has 5 heteroatoms. The van der Waals surface area contributed by atoms with Crippen LogP contribution in [0, 0.1) is 5.92 Å². The minimum Gasteiger partial charge on any atom is -0.364 e. The van der Waals surface area contributed by atoms with Gasteiger partial charge in [-0.2, -0.15) is 0 Å². The summed E-state index contributed by atoms with van der Waals surface area (Å²) in [4.78, 5) is 17.5. The standard InChI is InChI=1S/C13H20N4O/c1-17(9-10-5-7-15-8-6-10)12-4-2-3-11(16-12)13(14)18/h2-4,10,15H,5-9H2,1H3,(H2,14,18). The summed E-state index contributed by atoms with van der Waals surface area (Å²) in [5.74, 6) is 1.02. The number of amides is 1. The van der Waals surface area contributed by atoms with Gasteiger partial charge in [-0.15, -0.1) is 0 Å². The zero-order valence-electron chi connectivity index (χ0n) is 10.7. The van der Waals surface area contributed by atoms with Gasteiger partial charge in [-0.1, -0.05) is 6.07 Å². The second-order valence-electron chi connectivity index (χ2n) is 4.82. The topological polar surface area (TPSA) is 71.2 Å². The molecule has 1 amide bonds. The number of carbonyl (C=O) groups is 1. The van der Waals surface area contributed by atoms with Gasteiger partial charge in [-0.25, -0.2) is 4.98 Å². The van der Waals surface area contributed by atoms with Gasteiger partial charge in [0.15, 0.2) is 0 Å². The van der Waals surface area contributed by atoms with Crippen LogP contribution in [0.25, 0.3) is 0 Å². The van der Waals surface area contributed by atoms with Crippen molar-refractivity contribution in [3.05, 3.63) is 23.9 Å². The van der Waals surface area contributed by atoms with Crippen LogP contribution in [0.3, 0.4) is 0 Å². The summed E-state index contributed by atoms with van der Waals surface area (Å²) < 4.78 is 0. The van der Waals surface area contributed by atoms with Gasteiger partial charge in [0.2, 0.25) is 0 Å². The highest BCUT2D eigenvalue weighted by Crippen LogP contribution is 2.17. The van der Waals surface area contributed by atoms with Crippen molar-refractivity contribution in [2.45, 2.75) is 12.8 Å². The van der Waals surface area contributed by atoms with Crippen molar-refractivity contribution in [1.29, 1.82) is 0 Å². The Kier molecular flexibility index (Phi) is 4.15. The summed E-state index contributed by atoms with van der Waals surface area (Å²) in [6.07, 6.45) is 2.39. The third kappa shape index (κ3) is 3.20. The average Bonchev–Trinajstić information content (AvgIpc) is 2.40. The number of piperidine rings is 1. The maximum Gasteiger partial charge on any atom is 0.267 e. The van der Waals surface area contributed by atoms with E-state index in [9.17, 15) is 4.79 Å². The summed E-state index contributed by atoms with van der Waals surface area (Å²) in [5, 5.41) is 3.36. The van der Waals surface area contributed by atoms with E-state index in [1.807, 2.05) is 19.2 Å². The Morgan fingerprint density at radius 1 is 1.50 bits per heavy atom. The van der Waals surface area contributed by atoms with E-state index in [-0.39, 0.29) is 0 Å². The molecule has 5 nitrogen and oxygen atoms in total. The van der Waals surface area contributed by atoms with Crippen LogP contribution in [0.1, 0.15) is 23.3 Å². The van der Waals surface area contributed by atoms with Gasteiger partial charge >= 0.3 is 0 Å². The van der Waals surface area contributed by atoms with E-state index >= 15 is 0 Å². The molecule has 0 unspecified atom stereocenters. The number of pyridine rings is 1. The summed E-state index contributed by atoms with van der Waals surface area (Å²) in [7, 11) is 2.01. The van der Waals surface area contributed by atoms with Crippen LogP contribution in [0.4, 0.5) is 5.82 Å². The fraction of sp³-hybridized carbons (Fsp3) is 0.538. The number of hydrogen-bond donors (Lipinski definition) is 2. The smallest absolute Gasteiger partial charge is 0.267 e. The predicted octanol–water partition coefficient (Wildman–Crippen LogP) is 0.616. The third-order valence-corrected chi connectivity index (χ3v) is 3.37. The van der Waals surface area contributed by atoms with Gasteiger partial charge < -0.3 is 16.0 Å². The van der Waals surface area contributed by atoms with Crippen molar-refractivity contribution < 1.29 is 4.79 Å². The van der Waals surface area contributed by atoms with Gasteiger partial charge in [0.1, 0.15) is 11.5 Å². The molecule has 1 fully saturated rings. The number of primary amides is 1. The fourth-order valence-electron chi connectivity index (χ4n) is 2.32. The van der Waals surface area contributed by atoms with Crippen molar-refractivity contribution in [2.75, 3.05) is 31.6 Å². The van der Waals surface area contributed by atoms with Crippen LogP contribution >= 0.6 is 0 Å². The Bertz CT molecular complexity index is 415. The molecule has 1 aliphatic rings. The minimum atomic E-state index is -0.480. The van der Waals surface area contributed by atoms with E-state index in [1.165, 1.54) is 12.8 Å². The Morgan fingerprint density at radius 2 is 2.22 bits per heavy atom. The maximum atomic E-state index is 11.1. The lowest BCUT2D eigenvalue weighted by Gasteiger charge is -2.28. The van der Waals surface area contributed by atoms with E-state index in [1.54, 1.807) is 6.07 Å². The molecule has 0 aliphatic carbocycles. The summed E-state index contributed by atoms with van der Waals surface area (Å²) in [6.45, 7) is 3.15. The number of nitrogens with one attached hydrogen (secondary N) is 1. The fourth-order valence-corrected chi connectivity index (χ4v) is 2.32. The zero-order valence-corrected chi connectivity index (χ0v) is 10.7. The molecule has 0 aromatic carbocycles. The Balaban J connectivity index is 2.01. The number of hydrogen-bond acceptors (Lipinski definition) is 4. The largest absolute Gasteiger partial charge is 0.364 e. The Labute approximate surface area is 107 Å². The number of rotatable bonds is 4. The maximum absolute atomic E-state index is 11.1. The first-order valence-electron chi connectivity index (χ1n) is 6.35. The van der Waals surface area contributed by atoms with E-state index in [2.05, 4.69) is 15.2 Å². The molecule has 1 aromatic rings. The van der Waals surface area contributed by atoms with Crippen LogP contribution in [0.15, 0.2) is 18.2 Å². The molecule has 2 heterocycles. The third-order valence-electron chi connectivity index (χ3n) is 3.37. The highest BCUT2D eigenvalue weighted by molar-refractivity contribution is 5.91. The highest BCUT2D eigenvalue weighted by Gasteiger charge is 2.16. The second-order valence-corrected chi connectivity index (χ2v) is 4.82. The monoisotopic (exact) mass is 248 g/mol. The minimum absolute atomic E-state index is 0.324. The molecule has 0 bridgehead atoms. The molecular formula is C13H20N4O. The van der Waals surface area contributed by atoms with Crippen LogP contribution in [-0.4, -0.2) is 37.6 Å². The molecule has 1 aromatic heterocycles. The summed E-state index contributed by atoms with van der Waals surface area (Å²) >= 11 is 0. The molecule has 0 atom stereocenters. The molecule has 2 rings (SSSR count). The van der Waals surface area contributed by atoms with Crippen molar-refractivity contribution in [3.8, 4) is 0 Å². The Hall–Kier alpha value is -1.62. The van der Waals surface area contributed by atoms with Crippen LogP contribution in [-0.2, 0) is 0 Å². The summed E-state index contributed by atoms with van der Waals surface area (Å²) in [5.41, 5.74) is 5.56. The van der Waals surface area contributed by atoms with Gasteiger partial charge in [0, 0.05) is 13.6 Å². The van der Waals surface area contributed by atoms with E-state index in [4.69, 9.17) is 5.73 Å². The quantitative estimate of drug-likeness (QED) is 0.819. The molecule has 1 aliphatic heterocycles. The number of anilines is 1. The first kappa shape index (κ1) is 12.8. The van der Waals surface area contributed by atoms with Crippen LogP contribution in [0.5, 0.6) is 0 Å². The van der Waals surface area contributed by atoms with Crippen molar-refractivity contribution >= 4 is 11.7 Å². The first-order chi connectivity index (χ1) is 8.66. The summed E-state index contributed by atoms with van der Waals surface area (Å²) in [6, 6.07) is 5.37. The predicted molar refractivity (Wildman–Crippen MR) is 71.6 cm³/mol. The second kappa shape index (κ2) is 5.82. The molecule has 0 radical (unpaired) electrons. The van der Waals surface area contributed by atoms with Crippen LogP contribution < -0.4 is 16.0 Å². The van der Waals surface area contributed by atoms with E-state index in [0.717, 1.165) is 25.5 Å². The van der Waals surface area contributed by atoms with Gasteiger partial charge in [0.25, 0.3) is 5.91 Å². The lowest BCUT2D eigenvalue weighted by Crippen LogP contribution is -2.35. The van der Waals surface area contributed by atoms with Crippen LogP contribution in [0.2, 0.25) is 0 Å². The Morgan fingerprint density at radius 3 is 2.89 bits per heavy atom. The SMILES string of the molecule is CN(CC1CCNCC1)c1cccc(C(N)=O)n1. The van der Waals surface area contributed by atoms with Crippen molar-refractivity contribution in [2.24, 2.45) is 11.7 Å². The first-order valence-corrected chi connectivity index (χ1v) is 6.35. The molecule has 0 saturated carbocycles. The van der Waals surface area contributed by atoms with Crippen molar-refractivity contribution in [1.82, 2.24) is 10.3 Å². The van der Waals surface area contributed by atoms with Gasteiger partial charge in [-0.3, -0.25) is 4.79 Å². The number of aromatic nitrogens is 1. The lowest BCUT2D eigenvalue weighted by molar-refractivity contribution is 0.0995. The van der Waals surface area contributed by atoms with E-state index < -0.39 is 5.91 Å². The number of carbonyl (C=O) groups excluding carboxylic acids is 1. The average molecular weight is 248 g/mol. The zero-order chi connectivity index (χ0) is 13.0. The van der Waals surface area contributed by atoms with Gasteiger partial charge in [0.05, 0.1) is 0 Å². The molecule has 0 spiro atoms. The lowest BCUT2D eigenvalue weighted by atomic mass is 9.98. The van der Waals surface area contributed by atoms with E-state index in [0.29, 0.717) is 11.6 Å². The molecule has 18 heavy (non-hydrogen) atoms. The number of nitrogens with two attached hydrogens (primary N) is 1. The molecule has 98 valence electrons. The van der Waals surface area contributed by atoms with Crippen molar-refractivity contribution in [3.63, 3.8) is 0 Å². The normalized spacial score (nSPS) is 16.5. The highest BCUT2D eigenvalue weighted by atomic mass is 16.1. The molecule has 1 saturated heterocycles. The molecule has 3 N–H and O–H groups in total. The van der Waals surface area contributed by atoms with Gasteiger partial charge in [-0.05, 0) is 44.0 Å².